The molecule has 1 heterocycles. The number of rotatable bonds is 8. The zero-order chi connectivity index (χ0) is 21.5. The van der Waals surface area contributed by atoms with Gasteiger partial charge in [0.15, 0.2) is 11.5 Å². The van der Waals surface area contributed by atoms with E-state index in [-0.39, 0.29) is 29.0 Å². The molecule has 0 spiro atoms. The van der Waals surface area contributed by atoms with Crippen LogP contribution in [0.4, 0.5) is 8.78 Å². The van der Waals surface area contributed by atoms with E-state index < -0.39 is 6.61 Å². The molecule has 1 fully saturated rings. The number of benzene rings is 2. The van der Waals surface area contributed by atoms with Crippen molar-refractivity contribution in [1.82, 2.24) is 10.2 Å². The molecule has 0 bridgehead atoms. The number of methoxy groups -OCH3 is 1. The van der Waals surface area contributed by atoms with Crippen LogP contribution in [-0.2, 0) is 4.74 Å². The molecule has 2 aromatic rings. The summed E-state index contributed by atoms with van der Waals surface area (Å²) in [5, 5.41) is 2.93. The molecule has 0 saturated carbocycles. The summed E-state index contributed by atoms with van der Waals surface area (Å²) >= 11 is 0. The van der Waals surface area contributed by atoms with Crippen molar-refractivity contribution in [3.8, 4) is 11.5 Å². The minimum atomic E-state index is -3.01. The van der Waals surface area contributed by atoms with Gasteiger partial charge in [0.25, 0.3) is 5.91 Å². The fourth-order valence-corrected chi connectivity index (χ4v) is 3.52. The second kappa shape index (κ2) is 10.4. The summed E-state index contributed by atoms with van der Waals surface area (Å²) in [6.07, 6.45) is 0. The van der Waals surface area contributed by atoms with Crippen molar-refractivity contribution in [1.29, 1.82) is 0 Å². The molecule has 8 heteroatoms. The van der Waals surface area contributed by atoms with Gasteiger partial charge in [-0.1, -0.05) is 29.8 Å². The number of amides is 1. The van der Waals surface area contributed by atoms with Crippen LogP contribution >= 0.6 is 0 Å². The Morgan fingerprint density at radius 2 is 1.93 bits per heavy atom. The van der Waals surface area contributed by atoms with Gasteiger partial charge in [0.2, 0.25) is 0 Å². The molecule has 1 unspecified atom stereocenters. The third-order valence-corrected chi connectivity index (χ3v) is 5.01. The average molecular weight is 420 g/mol. The van der Waals surface area contributed by atoms with Gasteiger partial charge in [0, 0.05) is 25.2 Å². The van der Waals surface area contributed by atoms with Gasteiger partial charge in [-0.15, -0.1) is 0 Å². The molecule has 1 N–H and O–H groups in total. The Morgan fingerprint density at radius 1 is 1.17 bits per heavy atom. The Hall–Kier alpha value is -2.71. The number of nitrogens with zero attached hydrogens (tertiary/aromatic N) is 1. The van der Waals surface area contributed by atoms with Crippen LogP contribution in [0.15, 0.2) is 42.5 Å². The molecule has 1 amide bonds. The summed E-state index contributed by atoms with van der Waals surface area (Å²) in [5.74, 6) is -0.413. The third-order valence-electron chi connectivity index (χ3n) is 5.01. The first-order chi connectivity index (χ1) is 14.5. The number of aryl methyl sites for hydroxylation is 1. The fourth-order valence-electron chi connectivity index (χ4n) is 3.52. The lowest BCUT2D eigenvalue weighted by molar-refractivity contribution is -0.0512. The van der Waals surface area contributed by atoms with Crippen molar-refractivity contribution in [3.05, 3.63) is 59.2 Å². The van der Waals surface area contributed by atoms with Gasteiger partial charge >= 0.3 is 6.61 Å². The van der Waals surface area contributed by atoms with E-state index in [2.05, 4.69) is 21.0 Å². The molecule has 0 aromatic heterocycles. The molecule has 30 heavy (non-hydrogen) atoms. The Kier molecular flexibility index (Phi) is 7.59. The largest absolute Gasteiger partial charge is 0.493 e. The molecule has 6 nitrogen and oxygen atoms in total. The number of nitrogens with one attached hydrogen (secondary N) is 1. The summed E-state index contributed by atoms with van der Waals surface area (Å²) in [7, 11) is 1.35. The van der Waals surface area contributed by atoms with E-state index >= 15 is 0 Å². The van der Waals surface area contributed by atoms with Gasteiger partial charge in [0.1, 0.15) is 0 Å². The van der Waals surface area contributed by atoms with Crippen molar-refractivity contribution in [2.75, 3.05) is 40.0 Å². The molecule has 0 radical (unpaired) electrons. The quantitative estimate of drug-likeness (QED) is 0.709. The van der Waals surface area contributed by atoms with Crippen molar-refractivity contribution in [2.45, 2.75) is 19.6 Å². The van der Waals surface area contributed by atoms with E-state index in [1.807, 2.05) is 25.1 Å². The summed E-state index contributed by atoms with van der Waals surface area (Å²) in [6.45, 7) is 2.21. The highest BCUT2D eigenvalue weighted by Gasteiger charge is 2.24. The first-order valence-electron chi connectivity index (χ1n) is 9.77. The Labute approximate surface area is 174 Å². The highest BCUT2D eigenvalue weighted by molar-refractivity contribution is 5.94. The van der Waals surface area contributed by atoms with E-state index in [0.29, 0.717) is 19.8 Å². The van der Waals surface area contributed by atoms with Crippen LogP contribution in [0.25, 0.3) is 0 Å². The van der Waals surface area contributed by atoms with Gasteiger partial charge in [0.05, 0.1) is 26.4 Å². The zero-order valence-electron chi connectivity index (χ0n) is 17.1. The zero-order valence-corrected chi connectivity index (χ0v) is 17.1. The molecule has 0 aliphatic carbocycles. The third kappa shape index (κ3) is 5.67. The van der Waals surface area contributed by atoms with Crippen LogP contribution in [0, 0.1) is 6.92 Å². The predicted molar refractivity (Wildman–Crippen MR) is 108 cm³/mol. The van der Waals surface area contributed by atoms with Crippen molar-refractivity contribution < 1.29 is 27.8 Å². The van der Waals surface area contributed by atoms with Crippen molar-refractivity contribution in [2.24, 2.45) is 0 Å². The van der Waals surface area contributed by atoms with E-state index in [9.17, 15) is 13.6 Å². The van der Waals surface area contributed by atoms with Gasteiger partial charge in [-0.05, 0) is 30.7 Å². The van der Waals surface area contributed by atoms with Crippen LogP contribution in [-0.4, -0.2) is 57.4 Å². The van der Waals surface area contributed by atoms with Crippen LogP contribution in [0.2, 0.25) is 0 Å². The van der Waals surface area contributed by atoms with Crippen LogP contribution in [0.3, 0.4) is 0 Å². The predicted octanol–water partition coefficient (Wildman–Crippen LogP) is 3.41. The maximum Gasteiger partial charge on any atom is 0.387 e. The lowest BCUT2D eigenvalue weighted by Crippen LogP contribution is -2.43. The number of ether oxygens (including phenoxy) is 3. The second-order valence-corrected chi connectivity index (χ2v) is 7.03. The standard InChI is InChI=1S/C22H26F2N2O4/c1-15-4-3-5-16(12-15)18(26-8-10-29-11-9-26)14-25-21(27)17-6-7-19(28-2)20(13-17)30-22(23)24/h3-7,12-13,18,22H,8-11,14H2,1-2H3,(H,25,27). The molecule has 1 aliphatic heterocycles. The average Bonchev–Trinajstić information content (AvgIpc) is 2.74. The number of morpholine rings is 1. The van der Waals surface area contributed by atoms with E-state index in [0.717, 1.165) is 24.2 Å². The summed E-state index contributed by atoms with van der Waals surface area (Å²) in [5.41, 5.74) is 2.46. The SMILES string of the molecule is COc1ccc(C(=O)NCC(c2cccc(C)c2)N2CCOCC2)cc1OC(F)F. The molecule has 3 rings (SSSR count). The topological polar surface area (TPSA) is 60.0 Å². The number of alkyl halides is 2. The minimum absolute atomic E-state index is 0.0206. The van der Waals surface area contributed by atoms with E-state index in [1.54, 1.807) is 0 Å². The molecule has 2 aromatic carbocycles. The molecule has 1 saturated heterocycles. The smallest absolute Gasteiger partial charge is 0.387 e. The number of carbonyl (C=O) groups is 1. The Morgan fingerprint density at radius 3 is 2.60 bits per heavy atom. The molecule has 162 valence electrons. The lowest BCUT2D eigenvalue weighted by Gasteiger charge is -2.35. The van der Waals surface area contributed by atoms with E-state index in [4.69, 9.17) is 9.47 Å². The van der Waals surface area contributed by atoms with Gasteiger partial charge in [-0.2, -0.15) is 8.78 Å². The summed E-state index contributed by atoms with van der Waals surface area (Å²) in [6, 6.07) is 12.4. The minimum Gasteiger partial charge on any atom is -0.493 e. The number of halogens is 2. The Bertz CT molecular complexity index is 857. The Balaban J connectivity index is 1.75. The van der Waals surface area contributed by atoms with Crippen molar-refractivity contribution in [3.63, 3.8) is 0 Å². The van der Waals surface area contributed by atoms with Crippen molar-refractivity contribution >= 4 is 5.91 Å². The van der Waals surface area contributed by atoms with Crippen LogP contribution in [0.1, 0.15) is 27.5 Å². The number of hydrogen-bond acceptors (Lipinski definition) is 5. The number of carbonyl (C=O) groups excluding carboxylic acids is 1. The highest BCUT2D eigenvalue weighted by atomic mass is 19.3. The second-order valence-electron chi connectivity index (χ2n) is 7.03. The van der Waals surface area contributed by atoms with Gasteiger partial charge in [-0.3, -0.25) is 9.69 Å². The molecule has 1 atom stereocenters. The highest BCUT2D eigenvalue weighted by Crippen LogP contribution is 2.29. The molecular weight excluding hydrogens is 394 g/mol. The monoisotopic (exact) mass is 420 g/mol. The molecular formula is C22H26F2N2O4. The van der Waals surface area contributed by atoms with Gasteiger partial charge in [-0.25, -0.2) is 0 Å². The fraction of sp³-hybridized carbons (Fsp3) is 0.409. The maximum atomic E-state index is 12.7. The first kappa shape index (κ1) is 22.0. The van der Waals surface area contributed by atoms with Crippen LogP contribution in [0.5, 0.6) is 11.5 Å². The summed E-state index contributed by atoms with van der Waals surface area (Å²) in [4.78, 5) is 15.0. The maximum absolute atomic E-state index is 12.7. The lowest BCUT2D eigenvalue weighted by atomic mass is 10.0. The first-order valence-corrected chi connectivity index (χ1v) is 9.77. The van der Waals surface area contributed by atoms with E-state index in [1.165, 1.54) is 25.3 Å². The van der Waals surface area contributed by atoms with Gasteiger partial charge < -0.3 is 19.5 Å². The summed E-state index contributed by atoms with van der Waals surface area (Å²) < 4.78 is 40.3. The number of hydrogen-bond donors (Lipinski definition) is 1. The molecule has 1 aliphatic rings. The van der Waals surface area contributed by atoms with Crippen LogP contribution < -0.4 is 14.8 Å². The normalized spacial score (nSPS) is 15.6.